The van der Waals surface area contributed by atoms with Crippen molar-refractivity contribution in [3.8, 4) is 11.1 Å². The standard InChI is InChI=1S/C22H22F5N7/c1-12-31-18-16(34(12)14-7-21(23,24)8-14)6-13(9-28-18)15-4-5-33-17(15)10-29-19(32-33)30-11-20(2,3)22(25,26)27/h4-6,9-10,14H,7-8,11H2,1-3H3,(H,30,32). The Balaban J connectivity index is 1.45. The molecule has 1 N–H and O–H groups in total. The minimum Gasteiger partial charge on any atom is -0.352 e. The van der Waals surface area contributed by atoms with Gasteiger partial charge in [-0.1, -0.05) is 0 Å². The van der Waals surface area contributed by atoms with Crippen LogP contribution in [-0.4, -0.2) is 47.8 Å². The molecule has 4 aromatic rings. The maximum atomic E-state index is 13.5. The lowest BCUT2D eigenvalue weighted by atomic mass is 9.87. The third-order valence-electron chi connectivity index (χ3n) is 6.34. The van der Waals surface area contributed by atoms with Crippen LogP contribution in [0.1, 0.15) is 38.6 Å². The maximum absolute atomic E-state index is 13.5. The predicted octanol–water partition coefficient (Wildman–Crippen LogP) is 5.42. The molecule has 1 aliphatic carbocycles. The molecule has 0 saturated heterocycles. The van der Waals surface area contributed by atoms with Gasteiger partial charge in [-0.3, -0.25) is 0 Å². The quantitative estimate of drug-likeness (QED) is 0.387. The molecule has 4 aromatic heterocycles. The number of aromatic nitrogens is 6. The summed E-state index contributed by atoms with van der Waals surface area (Å²) < 4.78 is 69.6. The van der Waals surface area contributed by atoms with Crippen LogP contribution in [0.15, 0.2) is 30.7 Å². The Morgan fingerprint density at radius 2 is 1.85 bits per heavy atom. The zero-order valence-electron chi connectivity index (χ0n) is 18.7. The molecule has 0 aromatic carbocycles. The molecule has 0 unspecified atom stereocenters. The molecule has 0 spiro atoms. The molecule has 7 nitrogen and oxygen atoms in total. The Kier molecular flexibility index (Phi) is 4.86. The molecule has 12 heteroatoms. The normalized spacial score (nSPS) is 16.8. The van der Waals surface area contributed by atoms with Gasteiger partial charge >= 0.3 is 6.18 Å². The Morgan fingerprint density at radius 3 is 2.53 bits per heavy atom. The van der Waals surface area contributed by atoms with Crippen molar-refractivity contribution in [2.24, 2.45) is 5.41 Å². The number of fused-ring (bicyclic) bond motifs is 2. The van der Waals surface area contributed by atoms with Crippen molar-refractivity contribution in [2.45, 2.75) is 51.8 Å². The number of anilines is 1. The van der Waals surface area contributed by atoms with Gasteiger partial charge in [0, 0.05) is 48.9 Å². The second kappa shape index (κ2) is 7.34. The van der Waals surface area contributed by atoms with Crippen LogP contribution in [0.4, 0.5) is 27.9 Å². The van der Waals surface area contributed by atoms with E-state index in [9.17, 15) is 22.0 Å². The summed E-state index contributed by atoms with van der Waals surface area (Å²) in [6.45, 7) is 3.60. The van der Waals surface area contributed by atoms with E-state index >= 15 is 0 Å². The highest BCUT2D eigenvalue weighted by molar-refractivity contribution is 5.85. The van der Waals surface area contributed by atoms with Gasteiger partial charge in [0.15, 0.2) is 5.65 Å². The topological polar surface area (TPSA) is 72.9 Å². The van der Waals surface area contributed by atoms with Gasteiger partial charge in [0.05, 0.1) is 22.6 Å². The van der Waals surface area contributed by atoms with Crippen molar-refractivity contribution in [1.29, 1.82) is 0 Å². The molecule has 0 amide bonds. The maximum Gasteiger partial charge on any atom is 0.395 e. The van der Waals surface area contributed by atoms with Gasteiger partial charge in [-0.15, -0.1) is 5.10 Å². The molecule has 34 heavy (non-hydrogen) atoms. The zero-order valence-corrected chi connectivity index (χ0v) is 18.7. The summed E-state index contributed by atoms with van der Waals surface area (Å²) in [4.78, 5) is 13.0. The largest absolute Gasteiger partial charge is 0.395 e. The van der Waals surface area contributed by atoms with Crippen molar-refractivity contribution >= 4 is 22.6 Å². The first-order chi connectivity index (χ1) is 15.8. The zero-order chi connectivity index (χ0) is 24.5. The highest BCUT2D eigenvalue weighted by atomic mass is 19.4. The van der Waals surface area contributed by atoms with Crippen LogP contribution in [0.5, 0.6) is 0 Å². The van der Waals surface area contributed by atoms with E-state index in [0.717, 1.165) is 25.0 Å². The van der Waals surface area contributed by atoms with Crippen molar-refractivity contribution in [2.75, 3.05) is 11.9 Å². The summed E-state index contributed by atoms with van der Waals surface area (Å²) in [6, 6.07) is 3.31. The fourth-order valence-electron chi connectivity index (χ4n) is 4.14. The number of pyridine rings is 1. The molecule has 0 aliphatic heterocycles. The van der Waals surface area contributed by atoms with Crippen molar-refractivity contribution in [3.63, 3.8) is 0 Å². The third kappa shape index (κ3) is 3.74. The number of hydrogen-bond donors (Lipinski definition) is 1. The average molecular weight is 479 g/mol. The van der Waals surface area contributed by atoms with E-state index in [2.05, 4.69) is 25.4 Å². The van der Waals surface area contributed by atoms with E-state index in [0.29, 0.717) is 22.5 Å². The number of alkyl halides is 5. The van der Waals surface area contributed by atoms with Gasteiger partial charge in [-0.2, -0.15) is 13.2 Å². The molecule has 1 aliphatic rings. The number of aryl methyl sites for hydroxylation is 1. The van der Waals surface area contributed by atoms with Crippen molar-refractivity contribution in [3.05, 3.63) is 36.5 Å². The summed E-state index contributed by atoms with van der Waals surface area (Å²) in [5, 5.41) is 6.91. The van der Waals surface area contributed by atoms with E-state index < -0.39 is 17.5 Å². The fraction of sp³-hybridized carbons (Fsp3) is 0.455. The van der Waals surface area contributed by atoms with Gasteiger partial charge in [0.1, 0.15) is 5.82 Å². The van der Waals surface area contributed by atoms with Crippen LogP contribution in [0.25, 0.3) is 27.8 Å². The van der Waals surface area contributed by atoms with Crippen LogP contribution in [-0.2, 0) is 0 Å². The van der Waals surface area contributed by atoms with Crippen LogP contribution in [0, 0.1) is 12.3 Å². The van der Waals surface area contributed by atoms with E-state index in [4.69, 9.17) is 0 Å². The van der Waals surface area contributed by atoms with Gasteiger partial charge in [-0.25, -0.2) is 28.2 Å². The first-order valence-corrected chi connectivity index (χ1v) is 10.7. The number of hydrogen-bond acceptors (Lipinski definition) is 5. The average Bonchev–Trinajstić information content (AvgIpc) is 3.28. The van der Waals surface area contributed by atoms with Gasteiger partial charge in [0.2, 0.25) is 5.95 Å². The molecular formula is C22H22F5N7. The monoisotopic (exact) mass is 479 g/mol. The summed E-state index contributed by atoms with van der Waals surface area (Å²) >= 11 is 0. The number of nitrogens with zero attached hydrogens (tertiary/aromatic N) is 6. The third-order valence-corrected chi connectivity index (χ3v) is 6.34. The molecule has 180 valence electrons. The van der Waals surface area contributed by atoms with Crippen LogP contribution < -0.4 is 5.32 Å². The Bertz CT molecular complexity index is 1380. The molecule has 5 rings (SSSR count). The van der Waals surface area contributed by atoms with Crippen LogP contribution in [0.3, 0.4) is 0 Å². The second-order valence-electron chi connectivity index (χ2n) is 9.39. The molecular weight excluding hydrogens is 457 g/mol. The SMILES string of the molecule is Cc1nc2ncc(-c3ccn4nc(NCC(C)(C)C(F)(F)F)ncc34)cc2n1C1CC(F)(F)C1. The van der Waals surface area contributed by atoms with Crippen molar-refractivity contribution < 1.29 is 22.0 Å². The second-order valence-corrected chi connectivity index (χ2v) is 9.39. The minimum atomic E-state index is -4.36. The van der Waals surface area contributed by atoms with E-state index in [1.165, 1.54) is 10.7 Å². The predicted molar refractivity (Wildman–Crippen MR) is 116 cm³/mol. The lowest BCUT2D eigenvalue weighted by Crippen LogP contribution is -2.38. The number of halogens is 5. The molecule has 1 saturated carbocycles. The number of rotatable bonds is 5. The molecule has 4 heterocycles. The van der Waals surface area contributed by atoms with E-state index in [1.807, 2.05) is 10.6 Å². The van der Waals surface area contributed by atoms with Gasteiger partial charge in [-0.05, 0) is 32.9 Å². The van der Waals surface area contributed by atoms with E-state index in [1.54, 1.807) is 25.4 Å². The number of imidazole rings is 1. The molecule has 0 radical (unpaired) electrons. The Hall–Kier alpha value is -3.31. The lowest BCUT2D eigenvalue weighted by Gasteiger charge is -2.36. The van der Waals surface area contributed by atoms with Gasteiger partial charge < -0.3 is 9.88 Å². The highest BCUT2D eigenvalue weighted by Crippen LogP contribution is 2.47. The van der Waals surface area contributed by atoms with Gasteiger partial charge in [0.25, 0.3) is 5.92 Å². The van der Waals surface area contributed by atoms with E-state index in [-0.39, 0.29) is 31.4 Å². The van der Waals surface area contributed by atoms with Crippen molar-refractivity contribution in [1.82, 2.24) is 29.1 Å². The minimum absolute atomic E-state index is 0.0696. The smallest absolute Gasteiger partial charge is 0.352 e. The van der Waals surface area contributed by atoms with Crippen LogP contribution >= 0.6 is 0 Å². The Labute approximate surface area is 191 Å². The Morgan fingerprint density at radius 1 is 1.12 bits per heavy atom. The molecule has 0 atom stereocenters. The molecule has 0 bridgehead atoms. The first-order valence-electron chi connectivity index (χ1n) is 10.7. The summed E-state index contributed by atoms with van der Waals surface area (Å²) in [5.41, 5.74) is 1.31. The summed E-state index contributed by atoms with van der Waals surface area (Å²) in [7, 11) is 0. The first kappa shape index (κ1) is 22.5. The fourth-order valence-corrected chi connectivity index (χ4v) is 4.14. The summed E-state index contributed by atoms with van der Waals surface area (Å²) in [5.74, 6) is -1.96. The molecule has 1 fully saturated rings. The summed E-state index contributed by atoms with van der Waals surface area (Å²) in [6.07, 6.45) is 0.00942. The number of nitrogens with one attached hydrogen (secondary N) is 1. The highest BCUT2D eigenvalue weighted by Gasteiger charge is 2.48. The van der Waals surface area contributed by atoms with Crippen LogP contribution in [0.2, 0.25) is 0 Å². The lowest BCUT2D eigenvalue weighted by molar-refractivity contribution is -0.206.